The molecule has 0 aromatic carbocycles. The van der Waals surface area contributed by atoms with Crippen molar-refractivity contribution in [3.8, 4) is 0 Å². The first-order valence-electron chi connectivity index (χ1n) is 6.74. The van der Waals surface area contributed by atoms with Crippen molar-refractivity contribution < 1.29 is 4.74 Å². The van der Waals surface area contributed by atoms with Gasteiger partial charge in [-0.15, -0.1) is 0 Å². The van der Waals surface area contributed by atoms with Crippen molar-refractivity contribution in [1.29, 1.82) is 0 Å². The van der Waals surface area contributed by atoms with E-state index in [1.165, 1.54) is 0 Å². The van der Waals surface area contributed by atoms with E-state index in [0.29, 0.717) is 10.9 Å². The van der Waals surface area contributed by atoms with Gasteiger partial charge in [0.05, 0.1) is 28.0 Å². The first-order chi connectivity index (χ1) is 8.75. The first kappa shape index (κ1) is 14.8. The van der Waals surface area contributed by atoms with Gasteiger partial charge in [-0.1, -0.05) is 11.6 Å². The van der Waals surface area contributed by atoms with Crippen LogP contribution in [-0.2, 0) is 4.74 Å². The summed E-state index contributed by atoms with van der Waals surface area (Å²) in [6.07, 6.45) is 2.71. The van der Waals surface area contributed by atoms with E-state index in [1.54, 1.807) is 6.20 Å². The number of aromatic nitrogens is 1. The number of nitrogens with one attached hydrogen (secondary N) is 1. The Hall–Kier alpha value is -0.640. The number of hydrogen-bond acceptors (Lipinski definition) is 3. The molecule has 0 amide bonds. The molecule has 1 aliphatic rings. The number of rotatable bonds is 3. The molecular formula is C15H23ClN2O. The molecule has 0 spiro atoms. The van der Waals surface area contributed by atoms with Crippen molar-refractivity contribution in [3.63, 3.8) is 0 Å². The first-order valence-corrected chi connectivity index (χ1v) is 7.12. The summed E-state index contributed by atoms with van der Waals surface area (Å²) in [5, 5.41) is 4.06. The third kappa shape index (κ3) is 3.10. The molecule has 1 aliphatic heterocycles. The van der Waals surface area contributed by atoms with Crippen LogP contribution in [0, 0.1) is 5.92 Å². The second kappa shape index (κ2) is 5.04. The van der Waals surface area contributed by atoms with Crippen molar-refractivity contribution in [3.05, 3.63) is 29.0 Å². The highest BCUT2D eigenvalue weighted by Gasteiger charge is 2.49. The van der Waals surface area contributed by atoms with Gasteiger partial charge in [0, 0.05) is 12.1 Å². The summed E-state index contributed by atoms with van der Waals surface area (Å²) in [7, 11) is 1.97. The number of hydrogen-bond donors (Lipinski definition) is 1. The van der Waals surface area contributed by atoms with Crippen LogP contribution in [0.5, 0.6) is 0 Å². The average Bonchev–Trinajstić information content (AvgIpc) is 2.51. The Bertz CT molecular complexity index is 442. The molecule has 1 aromatic heterocycles. The van der Waals surface area contributed by atoms with Crippen LogP contribution < -0.4 is 5.32 Å². The van der Waals surface area contributed by atoms with E-state index in [9.17, 15) is 0 Å². The second-order valence-electron chi connectivity index (χ2n) is 6.44. The van der Waals surface area contributed by atoms with Crippen molar-refractivity contribution >= 4 is 11.6 Å². The minimum Gasteiger partial charge on any atom is -0.369 e. The maximum absolute atomic E-state index is 6.18. The quantitative estimate of drug-likeness (QED) is 0.920. The number of pyridine rings is 1. The Balaban J connectivity index is 2.29. The van der Waals surface area contributed by atoms with Crippen LogP contribution in [0.3, 0.4) is 0 Å². The number of ether oxygens (including phenoxy) is 1. The zero-order chi connectivity index (χ0) is 14.3. The lowest BCUT2D eigenvalue weighted by Crippen LogP contribution is -2.37. The topological polar surface area (TPSA) is 34.2 Å². The minimum absolute atomic E-state index is 0.0876. The van der Waals surface area contributed by atoms with Crippen LogP contribution in [0.4, 0.5) is 0 Å². The zero-order valence-electron chi connectivity index (χ0n) is 12.3. The third-order valence-electron chi connectivity index (χ3n) is 3.93. The summed E-state index contributed by atoms with van der Waals surface area (Å²) in [5.41, 5.74) is 0.764. The maximum atomic E-state index is 6.18. The summed E-state index contributed by atoms with van der Waals surface area (Å²) in [5.74, 6) is 0.376. The van der Waals surface area contributed by atoms with Gasteiger partial charge in [-0.25, -0.2) is 0 Å². The molecule has 1 aromatic rings. The molecule has 0 bridgehead atoms. The summed E-state index contributed by atoms with van der Waals surface area (Å²) in [6.45, 7) is 8.62. The van der Waals surface area contributed by atoms with Gasteiger partial charge in [0.2, 0.25) is 0 Å². The highest BCUT2D eigenvalue weighted by molar-refractivity contribution is 6.30. The molecule has 1 saturated heterocycles. The van der Waals surface area contributed by atoms with Gasteiger partial charge >= 0.3 is 0 Å². The SMILES string of the molecule is CNC(c1ccc(Cl)cn1)C1CC(C)(C)OC1(C)C. The molecular weight excluding hydrogens is 260 g/mol. The molecule has 106 valence electrons. The van der Waals surface area contributed by atoms with Crippen LogP contribution in [0.1, 0.15) is 45.9 Å². The Kier molecular flexibility index (Phi) is 3.92. The molecule has 1 N–H and O–H groups in total. The molecule has 1 fully saturated rings. The van der Waals surface area contributed by atoms with E-state index in [4.69, 9.17) is 16.3 Å². The van der Waals surface area contributed by atoms with E-state index < -0.39 is 0 Å². The summed E-state index contributed by atoms with van der Waals surface area (Å²) >= 11 is 5.91. The molecule has 0 aliphatic carbocycles. The van der Waals surface area contributed by atoms with Crippen LogP contribution in [0.2, 0.25) is 5.02 Å². The Morgan fingerprint density at radius 3 is 2.47 bits per heavy atom. The Labute approximate surface area is 120 Å². The molecule has 0 saturated carbocycles. The molecule has 2 heterocycles. The average molecular weight is 283 g/mol. The van der Waals surface area contributed by atoms with Gasteiger partial charge in [-0.05, 0) is 53.3 Å². The molecule has 19 heavy (non-hydrogen) atoms. The van der Waals surface area contributed by atoms with Gasteiger partial charge < -0.3 is 10.1 Å². The highest BCUT2D eigenvalue weighted by Crippen LogP contribution is 2.47. The van der Waals surface area contributed by atoms with Gasteiger partial charge in [0.1, 0.15) is 0 Å². The van der Waals surface area contributed by atoms with Crippen molar-refractivity contribution in [2.45, 2.75) is 51.4 Å². The number of nitrogens with zero attached hydrogens (tertiary/aromatic N) is 1. The lowest BCUT2D eigenvalue weighted by Gasteiger charge is -2.32. The van der Waals surface area contributed by atoms with Crippen molar-refractivity contribution in [2.24, 2.45) is 5.92 Å². The molecule has 2 rings (SSSR count). The predicted molar refractivity (Wildman–Crippen MR) is 78.4 cm³/mol. The van der Waals surface area contributed by atoms with E-state index in [1.807, 2.05) is 19.2 Å². The molecule has 2 atom stereocenters. The molecule has 3 nitrogen and oxygen atoms in total. The lowest BCUT2D eigenvalue weighted by atomic mass is 9.80. The van der Waals surface area contributed by atoms with Crippen LogP contribution in [0.25, 0.3) is 0 Å². The number of halogens is 1. The van der Waals surface area contributed by atoms with Gasteiger partial charge in [0.15, 0.2) is 0 Å². The fourth-order valence-corrected chi connectivity index (χ4v) is 3.36. The van der Waals surface area contributed by atoms with Crippen molar-refractivity contribution in [2.75, 3.05) is 7.05 Å². The van der Waals surface area contributed by atoms with E-state index in [-0.39, 0.29) is 17.2 Å². The predicted octanol–water partition coefficient (Wildman–Crippen LogP) is 3.59. The largest absolute Gasteiger partial charge is 0.369 e. The Morgan fingerprint density at radius 1 is 1.37 bits per heavy atom. The summed E-state index contributed by atoms with van der Waals surface area (Å²) in [4.78, 5) is 4.46. The van der Waals surface area contributed by atoms with Gasteiger partial charge in [-0.2, -0.15) is 0 Å². The van der Waals surface area contributed by atoms with E-state index in [2.05, 4.69) is 38.0 Å². The van der Waals surface area contributed by atoms with E-state index in [0.717, 1.165) is 12.1 Å². The standard InChI is InChI=1S/C15H23ClN2O/c1-14(2)8-11(15(3,4)19-14)13(17-5)12-7-6-10(16)9-18-12/h6-7,9,11,13,17H,8H2,1-5H3. The zero-order valence-corrected chi connectivity index (χ0v) is 13.1. The van der Waals surface area contributed by atoms with Gasteiger partial charge in [0.25, 0.3) is 0 Å². The van der Waals surface area contributed by atoms with Crippen molar-refractivity contribution in [1.82, 2.24) is 10.3 Å². The Morgan fingerprint density at radius 2 is 2.05 bits per heavy atom. The van der Waals surface area contributed by atoms with E-state index >= 15 is 0 Å². The fourth-order valence-electron chi connectivity index (χ4n) is 3.25. The highest BCUT2D eigenvalue weighted by atomic mass is 35.5. The van der Waals surface area contributed by atoms with Gasteiger partial charge in [-0.3, -0.25) is 4.98 Å². The molecule has 4 heteroatoms. The van der Waals surface area contributed by atoms with Crippen LogP contribution >= 0.6 is 11.6 Å². The maximum Gasteiger partial charge on any atom is 0.0681 e. The lowest BCUT2D eigenvalue weighted by molar-refractivity contribution is -0.0778. The monoisotopic (exact) mass is 282 g/mol. The molecule has 0 radical (unpaired) electrons. The van der Waals surface area contributed by atoms with Crippen LogP contribution in [-0.4, -0.2) is 23.2 Å². The third-order valence-corrected chi connectivity index (χ3v) is 4.15. The smallest absolute Gasteiger partial charge is 0.0681 e. The summed E-state index contributed by atoms with van der Waals surface area (Å²) < 4.78 is 6.18. The minimum atomic E-state index is -0.168. The second-order valence-corrected chi connectivity index (χ2v) is 6.88. The molecule has 2 unspecified atom stereocenters. The summed E-state index contributed by atoms with van der Waals surface area (Å²) in [6, 6.07) is 4.06. The normalized spacial score (nSPS) is 26.3. The fraction of sp³-hybridized carbons (Fsp3) is 0.667. The van der Waals surface area contributed by atoms with Crippen LogP contribution in [0.15, 0.2) is 18.3 Å².